The molecule has 0 saturated heterocycles. The number of halogens is 1. The molecule has 2 rings (SSSR count). The van der Waals surface area contributed by atoms with Crippen LogP contribution >= 0.6 is 11.6 Å². The lowest BCUT2D eigenvalue weighted by molar-refractivity contribution is 0.649. The van der Waals surface area contributed by atoms with Crippen molar-refractivity contribution in [3.05, 3.63) is 51.5 Å². The van der Waals surface area contributed by atoms with Gasteiger partial charge in [-0.1, -0.05) is 43.5 Å². The molecule has 0 atom stereocenters. The molecule has 0 bridgehead atoms. The molecule has 0 N–H and O–H groups in total. The Labute approximate surface area is 124 Å². The summed E-state index contributed by atoms with van der Waals surface area (Å²) >= 11 is 5.89. The third-order valence-electron chi connectivity index (χ3n) is 3.37. The SMILES string of the molecule is CCCCCc1nc(-c2ccc(Cl)cc2)cc(=O)n1C. The molecule has 1 aromatic carbocycles. The maximum Gasteiger partial charge on any atom is 0.253 e. The van der Waals surface area contributed by atoms with Gasteiger partial charge < -0.3 is 0 Å². The van der Waals surface area contributed by atoms with Crippen molar-refractivity contribution in [3.8, 4) is 11.3 Å². The van der Waals surface area contributed by atoms with Crippen LogP contribution in [0.4, 0.5) is 0 Å². The molecule has 106 valence electrons. The first-order chi connectivity index (χ1) is 9.61. The number of aryl methyl sites for hydroxylation is 1. The summed E-state index contributed by atoms with van der Waals surface area (Å²) in [5.41, 5.74) is 1.62. The van der Waals surface area contributed by atoms with Crippen LogP contribution in [0.1, 0.15) is 32.0 Å². The van der Waals surface area contributed by atoms with Crippen molar-refractivity contribution in [2.75, 3.05) is 0 Å². The van der Waals surface area contributed by atoms with E-state index in [0.717, 1.165) is 42.8 Å². The fourth-order valence-electron chi connectivity index (χ4n) is 2.11. The van der Waals surface area contributed by atoms with Gasteiger partial charge in [0.15, 0.2) is 0 Å². The molecule has 1 aromatic heterocycles. The van der Waals surface area contributed by atoms with E-state index < -0.39 is 0 Å². The summed E-state index contributed by atoms with van der Waals surface area (Å²) in [6.45, 7) is 2.16. The third kappa shape index (κ3) is 3.48. The predicted molar refractivity (Wildman–Crippen MR) is 83.2 cm³/mol. The highest BCUT2D eigenvalue weighted by Gasteiger charge is 2.07. The molecule has 0 spiro atoms. The van der Waals surface area contributed by atoms with Crippen molar-refractivity contribution in [1.82, 2.24) is 9.55 Å². The summed E-state index contributed by atoms with van der Waals surface area (Å²) in [5, 5.41) is 0.681. The van der Waals surface area contributed by atoms with Crippen LogP contribution < -0.4 is 5.56 Å². The molecule has 3 nitrogen and oxygen atoms in total. The second-order valence-electron chi connectivity index (χ2n) is 4.92. The number of rotatable bonds is 5. The fraction of sp³-hybridized carbons (Fsp3) is 0.375. The van der Waals surface area contributed by atoms with Crippen LogP contribution in [0.25, 0.3) is 11.3 Å². The minimum Gasteiger partial charge on any atom is -0.300 e. The van der Waals surface area contributed by atoms with Gasteiger partial charge in [-0.15, -0.1) is 0 Å². The molecule has 0 aliphatic rings. The zero-order valence-corrected chi connectivity index (χ0v) is 12.7. The number of aromatic nitrogens is 2. The summed E-state index contributed by atoms with van der Waals surface area (Å²) in [7, 11) is 1.78. The van der Waals surface area contributed by atoms with E-state index in [4.69, 9.17) is 11.6 Å². The monoisotopic (exact) mass is 290 g/mol. The van der Waals surface area contributed by atoms with Gasteiger partial charge in [-0.25, -0.2) is 4.98 Å². The van der Waals surface area contributed by atoms with Crippen LogP contribution in [0.15, 0.2) is 35.1 Å². The first-order valence-corrected chi connectivity index (χ1v) is 7.32. The molecule has 0 aliphatic heterocycles. The molecule has 4 heteroatoms. The molecule has 0 fully saturated rings. The number of benzene rings is 1. The van der Waals surface area contributed by atoms with Crippen LogP contribution in [0.2, 0.25) is 5.02 Å². The van der Waals surface area contributed by atoms with Crippen molar-refractivity contribution >= 4 is 11.6 Å². The molecular weight excluding hydrogens is 272 g/mol. The maximum atomic E-state index is 12.0. The van der Waals surface area contributed by atoms with Gasteiger partial charge >= 0.3 is 0 Å². The first-order valence-electron chi connectivity index (χ1n) is 6.94. The molecular formula is C16H19ClN2O. The lowest BCUT2D eigenvalue weighted by Gasteiger charge is -2.09. The molecule has 0 aliphatic carbocycles. The van der Waals surface area contributed by atoms with Crippen molar-refractivity contribution in [2.24, 2.45) is 7.05 Å². The Kier molecular flexibility index (Phi) is 4.96. The smallest absolute Gasteiger partial charge is 0.253 e. The number of unbranched alkanes of at least 4 members (excludes halogenated alkanes) is 2. The predicted octanol–water partition coefficient (Wildman–Crippen LogP) is 3.83. The average molecular weight is 291 g/mol. The van der Waals surface area contributed by atoms with Gasteiger partial charge in [0.2, 0.25) is 0 Å². The summed E-state index contributed by atoms with van der Waals surface area (Å²) in [4.78, 5) is 16.7. The van der Waals surface area contributed by atoms with E-state index in [0.29, 0.717) is 5.02 Å². The van der Waals surface area contributed by atoms with Crippen molar-refractivity contribution in [1.29, 1.82) is 0 Å². The lowest BCUT2D eigenvalue weighted by Crippen LogP contribution is -2.21. The van der Waals surface area contributed by atoms with Gasteiger partial charge in [0.25, 0.3) is 5.56 Å². The minimum atomic E-state index is -0.0172. The summed E-state index contributed by atoms with van der Waals surface area (Å²) in [5.74, 6) is 0.843. The van der Waals surface area contributed by atoms with E-state index >= 15 is 0 Å². The Balaban J connectivity index is 2.35. The molecule has 1 heterocycles. The highest BCUT2D eigenvalue weighted by Crippen LogP contribution is 2.19. The van der Waals surface area contributed by atoms with Crippen molar-refractivity contribution < 1.29 is 0 Å². The van der Waals surface area contributed by atoms with Crippen LogP contribution in [0, 0.1) is 0 Å². The van der Waals surface area contributed by atoms with E-state index in [1.807, 2.05) is 24.3 Å². The molecule has 0 radical (unpaired) electrons. The average Bonchev–Trinajstić information content (AvgIpc) is 2.44. The molecule has 0 saturated carbocycles. The second kappa shape index (κ2) is 6.71. The van der Waals surface area contributed by atoms with Gasteiger partial charge in [0, 0.05) is 30.1 Å². The normalized spacial score (nSPS) is 10.8. The number of hydrogen-bond acceptors (Lipinski definition) is 2. The van der Waals surface area contributed by atoms with E-state index in [1.165, 1.54) is 0 Å². The third-order valence-corrected chi connectivity index (χ3v) is 3.62. The van der Waals surface area contributed by atoms with Gasteiger partial charge in [-0.2, -0.15) is 0 Å². The van der Waals surface area contributed by atoms with Crippen LogP contribution in [-0.4, -0.2) is 9.55 Å². The van der Waals surface area contributed by atoms with Crippen molar-refractivity contribution in [3.63, 3.8) is 0 Å². The van der Waals surface area contributed by atoms with E-state index in [-0.39, 0.29) is 5.56 Å². The standard InChI is InChI=1S/C16H19ClN2O/c1-3-4-5-6-15-18-14(11-16(20)19(15)2)12-7-9-13(17)10-8-12/h7-11H,3-6H2,1-2H3. The highest BCUT2D eigenvalue weighted by atomic mass is 35.5. The van der Waals surface area contributed by atoms with Crippen LogP contribution in [0.3, 0.4) is 0 Å². The van der Waals surface area contributed by atoms with E-state index in [2.05, 4.69) is 11.9 Å². The zero-order chi connectivity index (χ0) is 14.5. The Morgan fingerprint density at radius 2 is 1.90 bits per heavy atom. The van der Waals surface area contributed by atoms with E-state index in [9.17, 15) is 4.79 Å². The molecule has 2 aromatic rings. The van der Waals surface area contributed by atoms with Gasteiger partial charge in [0.1, 0.15) is 5.82 Å². The Bertz CT molecular complexity index is 632. The maximum absolute atomic E-state index is 12.0. The molecule has 0 amide bonds. The minimum absolute atomic E-state index is 0.0172. The number of hydrogen-bond donors (Lipinski definition) is 0. The lowest BCUT2D eigenvalue weighted by atomic mass is 10.1. The summed E-state index contributed by atoms with van der Waals surface area (Å²) in [6.07, 6.45) is 4.20. The van der Waals surface area contributed by atoms with Crippen LogP contribution in [0.5, 0.6) is 0 Å². The van der Waals surface area contributed by atoms with Gasteiger partial charge in [-0.3, -0.25) is 9.36 Å². The molecule has 0 unspecified atom stereocenters. The summed E-state index contributed by atoms with van der Waals surface area (Å²) in [6, 6.07) is 8.98. The largest absolute Gasteiger partial charge is 0.300 e. The van der Waals surface area contributed by atoms with Gasteiger partial charge in [0.05, 0.1) is 5.69 Å². The van der Waals surface area contributed by atoms with Crippen molar-refractivity contribution in [2.45, 2.75) is 32.6 Å². The first kappa shape index (κ1) is 14.8. The zero-order valence-electron chi connectivity index (χ0n) is 11.9. The van der Waals surface area contributed by atoms with Crippen LogP contribution in [-0.2, 0) is 13.5 Å². The fourth-order valence-corrected chi connectivity index (χ4v) is 2.24. The molecule has 20 heavy (non-hydrogen) atoms. The second-order valence-corrected chi connectivity index (χ2v) is 5.36. The Morgan fingerprint density at radius 3 is 2.55 bits per heavy atom. The Hall–Kier alpha value is -1.61. The summed E-state index contributed by atoms with van der Waals surface area (Å²) < 4.78 is 1.63. The van der Waals surface area contributed by atoms with E-state index in [1.54, 1.807) is 17.7 Å². The Morgan fingerprint density at radius 1 is 1.20 bits per heavy atom. The number of nitrogens with zero attached hydrogens (tertiary/aromatic N) is 2. The quantitative estimate of drug-likeness (QED) is 0.784. The highest BCUT2D eigenvalue weighted by molar-refractivity contribution is 6.30. The topological polar surface area (TPSA) is 34.9 Å². The van der Waals surface area contributed by atoms with Gasteiger partial charge in [-0.05, 0) is 18.6 Å².